The van der Waals surface area contributed by atoms with Gasteiger partial charge in [-0.25, -0.2) is 9.79 Å². The van der Waals surface area contributed by atoms with E-state index in [0.717, 1.165) is 11.3 Å². The van der Waals surface area contributed by atoms with Crippen LogP contribution in [0.3, 0.4) is 0 Å². The first-order chi connectivity index (χ1) is 8.83. The zero-order chi connectivity index (χ0) is 12.4. The molecule has 1 aliphatic rings. The lowest BCUT2D eigenvalue weighted by atomic mass is 10.2. The first-order valence-corrected chi connectivity index (χ1v) is 5.70. The van der Waals surface area contributed by atoms with Crippen LogP contribution in [0.1, 0.15) is 11.3 Å². The Kier molecular flexibility index (Phi) is 2.68. The Hall–Kier alpha value is -2.36. The number of nitrogens with zero attached hydrogens (tertiary/aromatic N) is 1. The second-order valence-electron chi connectivity index (χ2n) is 4.02. The zero-order valence-corrected chi connectivity index (χ0v) is 9.58. The van der Waals surface area contributed by atoms with Gasteiger partial charge in [-0.05, 0) is 24.3 Å². The van der Waals surface area contributed by atoms with Gasteiger partial charge in [0.05, 0.1) is 6.26 Å². The minimum Gasteiger partial charge on any atom is -0.469 e. The van der Waals surface area contributed by atoms with Crippen LogP contribution in [0.25, 0.3) is 0 Å². The molecule has 4 nitrogen and oxygen atoms in total. The van der Waals surface area contributed by atoms with E-state index in [1.807, 2.05) is 36.4 Å². The average Bonchev–Trinajstić information content (AvgIpc) is 3.02. The Labute approximate surface area is 104 Å². The number of ether oxygens (including phenoxy) is 1. The van der Waals surface area contributed by atoms with E-state index in [-0.39, 0.29) is 5.97 Å². The van der Waals surface area contributed by atoms with Gasteiger partial charge in [0.25, 0.3) is 0 Å². The fraction of sp³-hybridized carbons (Fsp3) is 0.143. The molecule has 1 aliphatic heterocycles. The average molecular weight is 241 g/mol. The molecule has 2 heterocycles. The summed E-state index contributed by atoms with van der Waals surface area (Å²) in [6.07, 6.45) is 2.01. The van der Waals surface area contributed by atoms with Gasteiger partial charge in [0.2, 0.25) is 5.90 Å². The summed E-state index contributed by atoms with van der Waals surface area (Å²) in [5.41, 5.74) is 0.813. The quantitative estimate of drug-likeness (QED) is 0.774. The number of esters is 1. The van der Waals surface area contributed by atoms with Gasteiger partial charge in [-0.2, -0.15) is 0 Å². The highest BCUT2D eigenvalue weighted by atomic mass is 16.6. The summed E-state index contributed by atoms with van der Waals surface area (Å²) >= 11 is 0. The van der Waals surface area contributed by atoms with Gasteiger partial charge in [-0.1, -0.05) is 18.2 Å². The van der Waals surface area contributed by atoms with Crippen LogP contribution in [0, 0.1) is 0 Å². The minimum absolute atomic E-state index is 0.328. The molecule has 18 heavy (non-hydrogen) atoms. The first kappa shape index (κ1) is 10.8. The van der Waals surface area contributed by atoms with E-state index in [4.69, 9.17) is 9.15 Å². The zero-order valence-electron chi connectivity index (χ0n) is 9.58. The molecule has 3 rings (SSSR count). The predicted molar refractivity (Wildman–Crippen MR) is 65.3 cm³/mol. The Bertz CT molecular complexity index is 572. The van der Waals surface area contributed by atoms with Crippen molar-refractivity contribution in [2.45, 2.75) is 12.5 Å². The summed E-state index contributed by atoms with van der Waals surface area (Å²) in [6, 6.07) is 12.5. The summed E-state index contributed by atoms with van der Waals surface area (Å²) in [5.74, 6) is 0.789. The summed E-state index contributed by atoms with van der Waals surface area (Å²) in [4.78, 5) is 16.0. The molecule has 0 amide bonds. The molecule has 1 aromatic heterocycles. The van der Waals surface area contributed by atoms with E-state index in [1.54, 1.807) is 12.3 Å². The second-order valence-corrected chi connectivity index (χ2v) is 4.02. The van der Waals surface area contributed by atoms with Crippen molar-refractivity contribution in [2.24, 2.45) is 4.99 Å². The number of cyclic esters (lactones) is 1. The lowest BCUT2D eigenvalue weighted by Gasteiger charge is -1.99. The number of carbonyl (C=O) groups excluding carboxylic acids is 1. The maximum absolute atomic E-state index is 11.7. The van der Waals surface area contributed by atoms with E-state index in [1.165, 1.54) is 0 Å². The molecule has 0 bridgehead atoms. The van der Waals surface area contributed by atoms with Gasteiger partial charge in [-0.15, -0.1) is 0 Å². The maximum Gasteiger partial charge on any atom is 0.338 e. The van der Waals surface area contributed by atoms with Crippen molar-refractivity contribution in [3.05, 3.63) is 60.1 Å². The molecule has 0 radical (unpaired) electrons. The Morgan fingerprint density at radius 1 is 1.11 bits per heavy atom. The third-order valence-electron chi connectivity index (χ3n) is 2.74. The van der Waals surface area contributed by atoms with Gasteiger partial charge in [0.15, 0.2) is 6.04 Å². The number of furan rings is 1. The van der Waals surface area contributed by atoms with Gasteiger partial charge >= 0.3 is 5.97 Å². The van der Waals surface area contributed by atoms with Crippen LogP contribution in [-0.4, -0.2) is 17.9 Å². The highest BCUT2D eigenvalue weighted by molar-refractivity contribution is 6.06. The number of aliphatic imine (C=N–C) groups is 1. The molecule has 2 aromatic rings. The Balaban J connectivity index is 1.81. The lowest BCUT2D eigenvalue weighted by Crippen LogP contribution is -2.17. The number of rotatable bonds is 3. The van der Waals surface area contributed by atoms with E-state index in [9.17, 15) is 4.79 Å². The fourth-order valence-corrected chi connectivity index (χ4v) is 1.85. The topological polar surface area (TPSA) is 51.8 Å². The monoisotopic (exact) mass is 241 g/mol. The molecule has 0 fully saturated rings. The van der Waals surface area contributed by atoms with Crippen LogP contribution in [-0.2, 0) is 16.0 Å². The Morgan fingerprint density at radius 3 is 2.67 bits per heavy atom. The van der Waals surface area contributed by atoms with Crippen molar-refractivity contribution in [3.63, 3.8) is 0 Å². The van der Waals surface area contributed by atoms with E-state index in [2.05, 4.69) is 4.99 Å². The van der Waals surface area contributed by atoms with E-state index < -0.39 is 6.04 Å². The molecular weight excluding hydrogens is 230 g/mol. The van der Waals surface area contributed by atoms with Crippen LogP contribution >= 0.6 is 0 Å². The van der Waals surface area contributed by atoms with Crippen molar-refractivity contribution in [2.75, 3.05) is 0 Å². The van der Waals surface area contributed by atoms with Crippen LogP contribution in [0.15, 0.2) is 58.1 Å². The molecular formula is C14H11NO3. The normalized spacial score (nSPS) is 18.6. The van der Waals surface area contributed by atoms with Crippen LogP contribution in [0.5, 0.6) is 0 Å². The molecule has 1 aromatic carbocycles. The van der Waals surface area contributed by atoms with Gasteiger partial charge in [0, 0.05) is 12.0 Å². The number of carbonyl (C=O) groups is 1. The number of benzene rings is 1. The highest BCUT2D eigenvalue weighted by Gasteiger charge is 2.30. The van der Waals surface area contributed by atoms with Crippen LogP contribution in [0.4, 0.5) is 0 Å². The van der Waals surface area contributed by atoms with Crippen LogP contribution in [0.2, 0.25) is 0 Å². The van der Waals surface area contributed by atoms with Crippen molar-refractivity contribution >= 4 is 11.9 Å². The standard InChI is InChI=1S/C14H11NO3/c16-14-12(9-11-7-4-8-17-11)15-13(18-14)10-5-2-1-3-6-10/h1-8,12H,9H2/t12-/m0/s1. The summed E-state index contributed by atoms with van der Waals surface area (Å²) in [6.45, 7) is 0. The highest BCUT2D eigenvalue weighted by Crippen LogP contribution is 2.17. The van der Waals surface area contributed by atoms with E-state index in [0.29, 0.717) is 12.3 Å². The molecule has 1 atom stereocenters. The third-order valence-corrected chi connectivity index (χ3v) is 2.74. The first-order valence-electron chi connectivity index (χ1n) is 5.70. The summed E-state index contributed by atoms with van der Waals surface area (Å²) < 4.78 is 10.4. The van der Waals surface area contributed by atoms with E-state index >= 15 is 0 Å². The maximum atomic E-state index is 11.7. The largest absolute Gasteiger partial charge is 0.469 e. The van der Waals surface area contributed by atoms with Crippen LogP contribution < -0.4 is 0 Å². The second kappa shape index (κ2) is 4.49. The molecule has 0 saturated heterocycles. The lowest BCUT2D eigenvalue weighted by molar-refractivity contribution is -0.135. The predicted octanol–water partition coefficient (Wildman–Crippen LogP) is 2.19. The van der Waals surface area contributed by atoms with Crippen molar-refractivity contribution < 1.29 is 13.9 Å². The molecule has 0 saturated carbocycles. The number of hydrogen-bond acceptors (Lipinski definition) is 4. The summed E-state index contributed by atoms with van der Waals surface area (Å²) in [7, 11) is 0. The molecule has 0 aliphatic carbocycles. The molecule has 0 spiro atoms. The van der Waals surface area contributed by atoms with Gasteiger partial charge in [-0.3, -0.25) is 0 Å². The molecule has 90 valence electrons. The third kappa shape index (κ3) is 2.05. The minimum atomic E-state index is -0.508. The van der Waals surface area contributed by atoms with Gasteiger partial charge < -0.3 is 9.15 Å². The van der Waals surface area contributed by atoms with Gasteiger partial charge in [0.1, 0.15) is 5.76 Å². The Morgan fingerprint density at radius 2 is 1.94 bits per heavy atom. The SMILES string of the molecule is O=C1OC(c2ccccc2)=N[C@H]1Cc1ccco1. The van der Waals surface area contributed by atoms with Crippen molar-refractivity contribution in [1.29, 1.82) is 0 Å². The van der Waals surface area contributed by atoms with Crippen molar-refractivity contribution in [3.8, 4) is 0 Å². The molecule has 4 heteroatoms. The smallest absolute Gasteiger partial charge is 0.338 e. The summed E-state index contributed by atoms with van der Waals surface area (Å²) in [5, 5.41) is 0. The number of hydrogen-bond donors (Lipinski definition) is 0. The molecule has 0 N–H and O–H groups in total. The van der Waals surface area contributed by atoms with Crippen molar-refractivity contribution in [1.82, 2.24) is 0 Å². The fourth-order valence-electron chi connectivity index (χ4n) is 1.85. The molecule has 0 unspecified atom stereocenters.